The molecule has 1 atom stereocenters. The van der Waals surface area contributed by atoms with Crippen LogP contribution in [0.15, 0.2) is 36.4 Å². The molecule has 1 N–H and O–H groups in total. The Morgan fingerprint density at radius 2 is 1.58 bits per heavy atom. The minimum Gasteiger partial charge on any atom is -0.349 e. The second kappa shape index (κ2) is 10.8. The average Bonchev–Trinajstić information content (AvgIpc) is 2.80. The molecule has 12 heteroatoms. The molecule has 1 aliphatic carbocycles. The molecule has 1 fully saturated rings. The maximum Gasteiger partial charge on any atom is 0.417 e. The Labute approximate surface area is 217 Å². The number of aryl methyl sites for hydroxylation is 2. The van der Waals surface area contributed by atoms with Crippen LogP contribution in [0.1, 0.15) is 69.8 Å². The molecule has 0 radical (unpaired) electrons. The van der Waals surface area contributed by atoms with Gasteiger partial charge in [-0.15, -0.1) is 0 Å². The number of hydrogen-bond acceptors (Lipinski definition) is 1. The summed E-state index contributed by atoms with van der Waals surface area (Å²) >= 11 is 6.00. The van der Waals surface area contributed by atoms with Crippen molar-refractivity contribution in [3.63, 3.8) is 0 Å². The fraction of sp³-hybridized carbons (Fsp3) is 0.423. The maximum atomic E-state index is 15.0. The highest BCUT2D eigenvalue weighted by molar-refractivity contribution is 6.32. The molecule has 1 unspecified atom stereocenters. The molecule has 0 saturated heterocycles. The van der Waals surface area contributed by atoms with Gasteiger partial charge in [0, 0.05) is 29.5 Å². The lowest BCUT2D eigenvalue weighted by Gasteiger charge is -2.29. The van der Waals surface area contributed by atoms with Gasteiger partial charge in [0.2, 0.25) is 5.92 Å². The van der Waals surface area contributed by atoms with E-state index in [2.05, 4.69) is 5.32 Å². The van der Waals surface area contributed by atoms with E-state index in [1.165, 1.54) is 13.8 Å². The number of carbonyl (C=O) groups is 1. The largest absolute Gasteiger partial charge is 0.417 e. The Morgan fingerprint density at radius 1 is 1.03 bits per heavy atom. The summed E-state index contributed by atoms with van der Waals surface area (Å²) in [5.41, 5.74) is -3.02. The quantitative estimate of drug-likeness (QED) is 0.357. The van der Waals surface area contributed by atoms with Crippen LogP contribution in [-0.4, -0.2) is 24.0 Å². The van der Waals surface area contributed by atoms with Crippen LogP contribution >= 0.6 is 11.6 Å². The van der Waals surface area contributed by atoms with Crippen molar-refractivity contribution in [3.05, 3.63) is 74.8 Å². The molecule has 1 saturated carbocycles. The number of nitrogens with one attached hydrogen (secondary N) is 1. The first-order valence-corrected chi connectivity index (χ1v) is 11.9. The van der Waals surface area contributed by atoms with Crippen LogP contribution in [0.2, 0.25) is 5.02 Å². The molecule has 2 aromatic rings. The van der Waals surface area contributed by atoms with Gasteiger partial charge < -0.3 is 5.32 Å². The monoisotopic (exact) mass is 571 g/mol. The maximum absolute atomic E-state index is 15.0. The number of halogens is 10. The predicted octanol–water partition coefficient (Wildman–Crippen LogP) is 8.94. The average molecular weight is 572 g/mol. The van der Waals surface area contributed by atoms with E-state index < -0.39 is 71.5 Å². The third kappa shape index (κ3) is 7.03. The van der Waals surface area contributed by atoms with Crippen molar-refractivity contribution in [1.29, 1.82) is 0 Å². The summed E-state index contributed by atoms with van der Waals surface area (Å²) in [7, 11) is 0. The van der Waals surface area contributed by atoms with Crippen LogP contribution < -0.4 is 5.32 Å². The van der Waals surface area contributed by atoms with Crippen LogP contribution in [0.3, 0.4) is 0 Å². The smallest absolute Gasteiger partial charge is 0.349 e. The van der Waals surface area contributed by atoms with Gasteiger partial charge in [-0.1, -0.05) is 29.8 Å². The highest BCUT2D eigenvalue weighted by atomic mass is 35.5. The molecule has 3 rings (SSSR count). The molecule has 0 aliphatic heterocycles. The number of carbonyl (C=O) groups excluding carboxylic acids is 1. The third-order valence-corrected chi connectivity index (χ3v) is 6.98. The molecule has 1 aliphatic rings. The van der Waals surface area contributed by atoms with E-state index in [0.29, 0.717) is 17.2 Å². The molecule has 0 spiro atoms. The van der Waals surface area contributed by atoms with E-state index in [4.69, 9.17) is 11.6 Å². The van der Waals surface area contributed by atoms with E-state index in [1.54, 1.807) is 0 Å². The number of benzene rings is 2. The van der Waals surface area contributed by atoms with Crippen LogP contribution in [-0.2, 0) is 6.18 Å². The zero-order valence-corrected chi connectivity index (χ0v) is 20.9. The Morgan fingerprint density at radius 3 is 2.08 bits per heavy atom. The first-order chi connectivity index (χ1) is 17.4. The lowest BCUT2D eigenvalue weighted by molar-refractivity contribution is -0.140. The van der Waals surface area contributed by atoms with E-state index in [1.807, 2.05) is 0 Å². The van der Waals surface area contributed by atoms with Crippen molar-refractivity contribution >= 4 is 23.3 Å². The summed E-state index contributed by atoms with van der Waals surface area (Å²) in [6, 6.07) is 3.12. The Hall–Kier alpha value is -2.69. The lowest BCUT2D eigenvalue weighted by Crippen LogP contribution is -2.40. The zero-order valence-electron chi connectivity index (χ0n) is 20.1. The molecule has 38 heavy (non-hydrogen) atoms. The number of allylic oxidation sites excluding steroid dienone is 1. The first kappa shape index (κ1) is 29.9. The summed E-state index contributed by atoms with van der Waals surface area (Å²) in [6.45, 7) is 2.93. The van der Waals surface area contributed by atoms with Gasteiger partial charge in [0.15, 0.2) is 0 Å². The van der Waals surface area contributed by atoms with Gasteiger partial charge in [0.05, 0.1) is 11.1 Å². The molecule has 0 bridgehead atoms. The minimum absolute atomic E-state index is 0.141. The van der Waals surface area contributed by atoms with Gasteiger partial charge in [0.25, 0.3) is 5.91 Å². The predicted molar refractivity (Wildman–Crippen MR) is 125 cm³/mol. The van der Waals surface area contributed by atoms with Gasteiger partial charge >= 0.3 is 12.4 Å². The fourth-order valence-electron chi connectivity index (χ4n) is 4.35. The molecule has 2 aromatic carbocycles. The van der Waals surface area contributed by atoms with E-state index in [9.17, 15) is 39.9 Å². The van der Waals surface area contributed by atoms with Gasteiger partial charge in [-0.05, 0) is 61.6 Å². The summed E-state index contributed by atoms with van der Waals surface area (Å²) in [5.74, 6) is -8.19. The number of rotatable bonds is 5. The Bertz CT molecular complexity index is 1200. The van der Waals surface area contributed by atoms with Crippen molar-refractivity contribution in [3.8, 4) is 0 Å². The van der Waals surface area contributed by atoms with E-state index in [0.717, 1.165) is 18.2 Å². The first-order valence-electron chi connectivity index (χ1n) is 11.5. The topological polar surface area (TPSA) is 29.1 Å². The zero-order chi connectivity index (χ0) is 28.6. The standard InChI is InChI=1S/C26H23ClF9NO/c1-13-9-16(10-14(2)22(13)27)19(25(31,32)33)12-21(28)15-3-4-18(20(11-15)26(34,35)36)23(38)37-17-5-7-24(29,30)8-6-17/h3-4,9-12,17,19H,5-8H2,1-2H3,(H,37,38)/b21-12-. The highest BCUT2D eigenvalue weighted by Gasteiger charge is 2.41. The number of alkyl halides is 8. The Kier molecular flexibility index (Phi) is 8.50. The number of amides is 1. The second-order valence-electron chi connectivity index (χ2n) is 9.36. The van der Waals surface area contributed by atoms with Gasteiger partial charge in [-0.3, -0.25) is 4.79 Å². The van der Waals surface area contributed by atoms with Crippen LogP contribution in [0.25, 0.3) is 5.83 Å². The van der Waals surface area contributed by atoms with Crippen molar-refractivity contribution in [2.24, 2.45) is 0 Å². The highest BCUT2D eigenvalue weighted by Crippen LogP contribution is 2.41. The molecule has 0 aromatic heterocycles. The van der Waals surface area contributed by atoms with Gasteiger partial charge in [-0.2, -0.15) is 26.3 Å². The van der Waals surface area contributed by atoms with Crippen LogP contribution in [0.4, 0.5) is 39.5 Å². The van der Waals surface area contributed by atoms with E-state index in [-0.39, 0.29) is 35.6 Å². The lowest BCUT2D eigenvalue weighted by atomic mass is 9.91. The van der Waals surface area contributed by atoms with Crippen molar-refractivity contribution in [2.45, 2.75) is 69.8 Å². The van der Waals surface area contributed by atoms with Gasteiger partial charge in [0.1, 0.15) is 11.7 Å². The fourth-order valence-corrected chi connectivity index (χ4v) is 4.46. The summed E-state index contributed by atoms with van der Waals surface area (Å²) in [6.07, 6.45) is -11.3. The van der Waals surface area contributed by atoms with Crippen molar-refractivity contribution < 1.29 is 44.3 Å². The number of hydrogen-bond donors (Lipinski definition) is 1. The minimum atomic E-state index is -5.16. The summed E-state index contributed by atoms with van der Waals surface area (Å²) in [5, 5.41) is 2.51. The molecule has 208 valence electrons. The van der Waals surface area contributed by atoms with E-state index >= 15 is 4.39 Å². The molecular weight excluding hydrogens is 549 g/mol. The second-order valence-corrected chi connectivity index (χ2v) is 9.74. The summed E-state index contributed by atoms with van der Waals surface area (Å²) < 4.78 is 124. The van der Waals surface area contributed by atoms with Crippen molar-refractivity contribution in [2.75, 3.05) is 0 Å². The molecular formula is C26H23ClF9NO. The van der Waals surface area contributed by atoms with Crippen molar-refractivity contribution in [1.82, 2.24) is 5.32 Å². The third-order valence-electron chi connectivity index (χ3n) is 6.38. The Balaban J connectivity index is 1.96. The summed E-state index contributed by atoms with van der Waals surface area (Å²) in [4.78, 5) is 12.5. The SMILES string of the molecule is Cc1cc(C(/C=C(\F)c2ccc(C(=O)NC3CCC(F)(F)CC3)c(C(F)(F)F)c2)C(F)(F)F)cc(C)c1Cl. The molecule has 1 amide bonds. The van der Waals surface area contributed by atoms with Crippen LogP contribution in [0.5, 0.6) is 0 Å². The normalized spacial score (nSPS) is 17.8. The van der Waals surface area contributed by atoms with Crippen LogP contribution in [0, 0.1) is 13.8 Å². The molecule has 0 heterocycles. The molecule has 2 nitrogen and oxygen atoms in total. The van der Waals surface area contributed by atoms with Gasteiger partial charge in [-0.25, -0.2) is 13.2 Å².